The second-order valence-corrected chi connectivity index (χ2v) is 5.50. The van der Waals surface area contributed by atoms with Crippen molar-refractivity contribution in [2.24, 2.45) is 0 Å². The minimum atomic E-state index is -0.760. The summed E-state index contributed by atoms with van der Waals surface area (Å²) in [7, 11) is 0. The largest absolute Gasteiger partial charge is 0.466 e. The number of nitro groups is 2. The van der Waals surface area contributed by atoms with Gasteiger partial charge in [-0.2, -0.15) is 0 Å². The van der Waals surface area contributed by atoms with Crippen molar-refractivity contribution in [3.05, 3.63) is 43.5 Å². The molecule has 26 heavy (non-hydrogen) atoms. The predicted octanol–water partition coefficient (Wildman–Crippen LogP) is 2.98. The molecule has 142 valence electrons. The van der Waals surface area contributed by atoms with Gasteiger partial charge in [-0.3, -0.25) is 29.8 Å². The number of hydrogen-bond donors (Lipinski definition) is 0. The SMILES string of the molecule is CCCCOC(=O)CCC(=O)OCc1cc([N+](=O)[O-])cc([N+](=O)[O-])c1C. The third-order valence-electron chi connectivity index (χ3n) is 3.56. The van der Waals surface area contributed by atoms with E-state index in [0.29, 0.717) is 6.61 Å². The highest BCUT2D eigenvalue weighted by atomic mass is 16.6. The van der Waals surface area contributed by atoms with Gasteiger partial charge in [0.05, 0.1) is 35.4 Å². The van der Waals surface area contributed by atoms with Gasteiger partial charge in [0.25, 0.3) is 11.4 Å². The van der Waals surface area contributed by atoms with Gasteiger partial charge >= 0.3 is 11.9 Å². The highest BCUT2D eigenvalue weighted by Crippen LogP contribution is 2.28. The normalized spacial score (nSPS) is 10.2. The van der Waals surface area contributed by atoms with Crippen LogP contribution in [0.25, 0.3) is 0 Å². The summed E-state index contributed by atoms with van der Waals surface area (Å²) in [5.74, 6) is -1.22. The Bertz CT molecular complexity index is 702. The van der Waals surface area contributed by atoms with Gasteiger partial charge in [-0.25, -0.2) is 0 Å². The zero-order valence-electron chi connectivity index (χ0n) is 14.6. The number of non-ortho nitro benzene ring substituents is 1. The zero-order chi connectivity index (χ0) is 19.7. The lowest BCUT2D eigenvalue weighted by Crippen LogP contribution is -2.11. The van der Waals surface area contributed by atoms with Crippen molar-refractivity contribution < 1.29 is 28.9 Å². The molecule has 0 aromatic heterocycles. The maximum Gasteiger partial charge on any atom is 0.306 e. The average Bonchev–Trinajstić information content (AvgIpc) is 2.58. The summed E-state index contributed by atoms with van der Waals surface area (Å²) >= 11 is 0. The van der Waals surface area contributed by atoms with Crippen LogP contribution in [0.5, 0.6) is 0 Å². The molecule has 0 unspecified atom stereocenters. The highest BCUT2D eigenvalue weighted by molar-refractivity contribution is 5.77. The third-order valence-corrected chi connectivity index (χ3v) is 3.56. The molecule has 0 N–H and O–H groups in total. The quantitative estimate of drug-likeness (QED) is 0.266. The summed E-state index contributed by atoms with van der Waals surface area (Å²) in [6.07, 6.45) is 1.27. The average molecular weight is 368 g/mol. The van der Waals surface area contributed by atoms with Crippen LogP contribution in [-0.2, 0) is 25.7 Å². The Morgan fingerprint density at radius 3 is 2.19 bits per heavy atom. The van der Waals surface area contributed by atoms with Gasteiger partial charge in [-0.1, -0.05) is 13.3 Å². The predicted molar refractivity (Wildman–Crippen MR) is 89.4 cm³/mol. The smallest absolute Gasteiger partial charge is 0.306 e. The molecule has 0 aliphatic carbocycles. The number of carbonyl (C=O) groups is 2. The first-order valence-electron chi connectivity index (χ1n) is 7.99. The van der Waals surface area contributed by atoms with Crippen molar-refractivity contribution >= 4 is 23.3 Å². The Hall–Kier alpha value is -3.04. The Morgan fingerprint density at radius 1 is 1.04 bits per heavy atom. The van der Waals surface area contributed by atoms with E-state index in [1.165, 1.54) is 6.92 Å². The fourth-order valence-electron chi connectivity index (χ4n) is 2.02. The fourth-order valence-corrected chi connectivity index (χ4v) is 2.02. The van der Waals surface area contributed by atoms with Crippen LogP contribution in [0.2, 0.25) is 0 Å². The van der Waals surface area contributed by atoms with Crippen LogP contribution in [0.15, 0.2) is 12.1 Å². The topological polar surface area (TPSA) is 139 Å². The molecule has 0 fully saturated rings. The fraction of sp³-hybridized carbons (Fsp3) is 0.500. The first-order chi connectivity index (χ1) is 12.3. The number of nitro benzene ring substituents is 2. The summed E-state index contributed by atoms with van der Waals surface area (Å²) in [5, 5.41) is 21.9. The maximum atomic E-state index is 11.7. The third kappa shape index (κ3) is 6.46. The van der Waals surface area contributed by atoms with Crippen LogP contribution < -0.4 is 0 Å². The van der Waals surface area contributed by atoms with E-state index >= 15 is 0 Å². The van der Waals surface area contributed by atoms with E-state index in [9.17, 15) is 29.8 Å². The minimum absolute atomic E-state index is 0.142. The van der Waals surface area contributed by atoms with E-state index in [4.69, 9.17) is 9.47 Å². The molecule has 0 spiro atoms. The second kappa shape index (κ2) is 10.1. The summed E-state index contributed by atoms with van der Waals surface area (Å²) in [4.78, 5) is 43.5. The molecule has 0 saturated heterocycles. The maximum absolute atomic E-state index is 11.7. The first-order valence-corrected chi connectivity index (χ1v) is 7.99. The molecule has 0 heterocycles. The van der Waals surface area contributed by atoms with Crippen molar-refractivity contribution in [1.29, 1.82) is 0 Å². The molecule has 0 aliphatic rings. The van der Waals surface area contributed by atoms with E-state index < -0.39 is 33.2 Å². The van der Waals surface area contributed by atoms with Crippen molar-refractivity contribution in [2.75, 3.05) is 6.61 Å². The highest BCUT2D eigenvalue weighted by Gasteiger charge is 2.22. The number of ether oxygens (including phenoxy) is 2. The Kier molecular flexibility index (Phi) is 8.13. The molecular weight excluding hydrogens is 348 g/mol. The van der Waals surface area contributed by atoms with Crippen LogP contribution in [-0.4, -0.2) is 28.4 Å². The number of rotatable bonds is 10. The van der Waals surface area contributed by atoms with E-state index in [-0.39, 0.29) is 30.6 Å². The summed E-state index contributed by atoms with van der Waals surface area (Å²) < 4.78 is 9.86. The molecule has 0 amide bonds. The van der Waals surface area contributed by atoms with Crippen molar-refractivity contribution in [3.63, 3.8) is 0 Å². The molecule has 0 bridgehead atoms. The number of benzene rings is 1. The molecule has 1 rings (SSSR count). The lowest BCUT2D eigenvalue weighted by Gasteiger charge is -2.08. The second-order valence-electron chi connectivity index (χ2n) is 5.50. The number of nitrogens with zero attached hydrogens (tertiary/aromatic N) is 2. The summed E-state index contributed by atoms with van der Waals surface area (Å²) in [5.41, 5.74) is -0.560. The van der Waals surface area contributed by atoms with Gasteiger partial charge < -0.3 is 9.47 Å². The summed E-state index contributed by atoms with van der Waals surface area (Å²) in [6, 6.07) is 1.97. The number of carbonyl (C=O) groups excluding carboxylic acids is 2. The van der Waals surface area contributed by atoms with E-state index in [1.807, 2.05) is 6.92 Å². The standard InChI is InChI=1S/C16H20N2O8/c1-3-4-7-25-15(19)5-6-16(20)26-10-12-8-13(17(21)22)9-14(11(12)2)18(23)24/h8-9H,3-7,10H2,1-2H3. The van der Waals surface area contributed by atoms with E-state index in [2.05, 4.69) is 0 Å². The van der Waals surface area contributed by atoms with E-state index in [1.54, 1.807) is 0 Å². The Balaban J connectivity index is 2.66. The number of esters is 2. The van der Waals surface area contributed by atoms with Crippen molar-refractivity contribution in [1.82, 2.24) is 0 Å². The molecule has 10 nitrogen and oxygen atoms in total. The van der Waals surface area contributed by atoms with Gasteiger partial charge in [-0.05, 0) is 13.3 Å². The van der Waals surface area contributed by atoms with Gasteiger partial charge in [0.2, 0.25) is 0 Å². The minimum Gasteiger partial charge on any atom is -0.466 e. The molecular formula is C16H20N2O8. The zero-order valence-corrected chi connectivity index (χ0v) is 14.6. The molecule has 10 heteroatoms. The molecule has 0 aliphatic heterocycles. The number of hydrogen-bond acceptors (Lipinski definition) is 8. The van der Waals surface area contributed by atoms with Gasteiger partial charge in [0, 0.05) is 17.2 Å². The molecule has 0 atom stereocenters. The van der Waals surface area contributed by atoms with E-state index in [0.717, 1.165) is 25.0 Å². The van der Waals surface area contributed by atoms with Crippen LogP contribution in [0.1, 0.15) is 43.7 Å². The molecule has 1 aromatic carbocycles. The van der Waals surface area contributed by atoms with Gasteiger partial charge in [-0.15, -0.1) is 0 Å². The van der Waals surface area contributed by atoms with Crippen molar-refractivity contribution in [2.45, 2.75) is 46.1 Å². The lowest BCUT2D eigenvalue weighted by molar-refractivity contribution is -0.394. The monoisotopic (exact) mass is 368 g/mol. The number of unbranched alkanes of at least 4 members (excludes halogenated alkanes) is 1. The van der Waals surface area contributed by atoms with Crippen LogP contribution >= 0.6 is 0 Å². The van der Waals surface area contributed by atoms with Crippen molar-refractivity contribution in [3.8, 4) is 0 Å². The lowest BCUT2D eigenvalue weighted by atomic mass is 10.1. The van der Waals surface area contributed by atoms with Crippen LogP contribution in [0, 0.1) is 27.2 Å². The molecule has 0 saturated carbocycles. The Morgan fingerprint density at radius 2 is 1.65 bits per heavy atom. The first kappa shape index (κ1) is 21.0. The van der Waals surface area contributed by atoms with Crippen LogP contribution in [0.3, 0.4) is 0 Å². The molecule has 1 aromatic rings. The van der Waals surface area contributed by atoms with Crippen LogP contribution in [0.4, 0.5) is 11.4 Å². The summed E-state index contributed by atoms with van der Waals surface area (Å²) in [6.45, 7) is 3.29. The van der Waals surface area contributed by atoms with Gasteiger partial charge in [0.1, 0.15) is 6.61 Å². The van der Waals surface area contributed by atoms with Gasteiger partial charge in [0.15, 0.2) is 0 Å². The Labute approximate surface area is 149 Å². The molecule has 0 radical (unpaired) electrons.